The normalized spacial score (nSPS) is 13.0. The number of likely N-dealkylation sites (N-methyl/N-ethyl adjacent to an activating group) is 1. The highest BCUT2D eigenvalue weighted by Crippen LogP contribution is 2.27. The molecule has 2 aromatic rings. The molecule has 0 fully saturated rings. The first kappa shape index (κ1) is 18.0. The summed E-state index contributed by atoms with van der Waals surface area (Å²) in [5, 5.41) is 12.5. The van der Waals surface area contributed by atoms with Crippen LogP contribution in [0.15, 0.2) is 16.8 Å². The number of nitrogens with zero attached hydrogens (tertiary/aromatic N) is 3. The molecule has 0 radical (unpaired) electrons. The summed E-state index contributed by atoms with van der Waals surface area (Å²) in [4.78, 5) is 2.25. The fourth-order valence-corrected chi connectivity index (χ4v) is 3.56. The molecule has 128 valence electrons. The van der Waals surface area contributed by atoms with Crippen molar-refractivity contribution >= 4 is 11.3 Å². The van der Waals surface area contributed by atoms with Crippen LogP contribution in [-0.4, -0.2) is 42.4 Å². The number of aromatic nitrogens is 2. The number of thiophene rings is 1. The van der Waals surface area contributed by atoms with Crippen molar-refractivity contribution < 1.29 is 4.74 Å². The first-order valence-electron chi connectivity index (χ1n) is 7.94. The summed E-state index contributed by atoms with van der Waals surface area (Å²) in [6.45, 7) is 5.98. The van der Waals surface area contributed by atoms with Crippen LogP contribution >= 0.6 is 11.3 Å². The number of nitrogens with one attached hydrogen (secondary N) is 1. The van der Waals surface area contributed by atoms with E-state index in [2.05, 4.69) is 60.1 Å². The molecule has 0 aliphatic carbocycles. The van der Waals surface area contributed by atoms with Crippen LogP contribution in [0.25, 0.3) is 0 Å². The van der Waals surface area contributed by atoms with Gasteiger partial charge < -0.3 is 15.0 Å². The first-order valence-corrected chi connectivity index (χ1v) is 8.89. The fraction of sp³-hybridized carbons (Fsp3) is 0.588. The minimum absolute atomic E-state index is 0.367. The highest BCUT2D eigenvalue weighted by Gasteiger charge is 2.20. The number of ether oxygens (including phenoxy) is 1. The van der Waals surface area contributed by atoms with Gasteiger partial charge in [-0.3, -0.25) is 0 Å². The lowest BCUT2D eigenvalue weighted by atomic mass is 10.1. The van der Waals surface area contributed by atoms with Crippen molar-refractivity contribution in [3.05, 3.63) is 33.6 Å². The molecule has 2 heterocycles. The third-order valence-electron chi connectivity index (χ3n) is 4.05. The van der Waals surface area contributed by atoms with Crippen molar-refractivity contribution in [1.29, 1.82) is 0 Å². The lowest BCUT2D eigenvalue weighted by Gasteiger charge is -2.24. The topological polar surface area (TPSA) is 42.3 Å². The van der Waals surface area contributed by atoms with Gasteiger partial charge in [-0.15, -0.1) is 0 Å². The predicted octanol–water partition coefficient (Wildman–Crippen LogP) is 3.01. The zero-order chi connectivity index (χ0) is 17.0. The van der Waals surface area contributed by atoms with Gasteiger partial charge in [-0.1, -0.05) is 13.8 Å². The van der Waals surface area contributed by atoms with Crippen LogP contribution in [0.3, 0.4) is 0 Å². The Bertz CT molecular complexity index is 604. The van der Waals surface area contributed by atoms with Crippen molar-refractivity contribution in [1.82, 2.24) is 20.0 Å². The monoisotopic (exact) mass is 336 g/mol. The molecule has 0 aliphatic rings. The third kappa shape index (κ3) is 4.13. The number of rotatable bonds is 8. The number of hydrogen-bond donors (Lipinski definition) is 1. The van der Waals surface area contributed by atoms with Gasteiger partial charge in [0.1, 0.15) is 0 Å². The van der Waals surface area contributed by atoms with E-state index in [1.165, 1.54) is 5.56 Å². The fourth-order valence-electron chi connectivity index (χ4n) is 2.85. The van der Waals surface area contributed by atoms with Crippen LogP contribution in [0.1, 0.15) is 42.6 Å². The Morgan fingerprint density at radius 2 is 2.13 bits per heavy atom. The number of methoxy groups -OCH3 is 1. The summed E-state index contributed by atoms with van der Waals surface area (Å²) in [7, 11) is 7.88. The Labute approximate surface area is 143 Å². The zero-order valence-corrected chi connectivity index (χ0v) is 15.8. The van der Waals surface area contributed by atoms with Gasteiger partial charge in [0.25, 0.3) is 0 Å². The summed E-state index contributed by atoms with van der Waals surface area (Å²) in [6, 6.07) is 2.56. The molecule has 2 rings (SSSR count). The first-order chi connectivity index (χ1) is 11.0. The average molecular weight is 337 g/mol. The number of hydrogen-bond acceptors (Lipinski definition) is 5. The average Bonchev–Trinajstić information content (AvgIpc) is 3.11. The Morgan fingerprint density at radius 3 is 2.65 bits per heavy atom. The lowest BCUT2D eigenvalue weighted by Crippen LogP contribution is -2.30. The van der Waals surface area contributed by atoms with E-state index in [-0.39, 0.29) is 0 Å². The summed E-state index contributed by atoms with van der Waals surface area (Å²) in [5.41, 5.74) is 3.62. The molecule has 0 spiro atoms. The second-order valence-electron chi connectivity index (χ2n) is 6.32. The Balaban J connectivity index is 2.08. The second-order valence-corrected chi connectivity index (χ2v) is 7.10. The van der Waals surface area contributed by atoms with E-state index in [1.54, 1.807) is 18.4 Å². The number of aryl methyl sites for hydroxylation is 1. The molecule has 5 nitrogen and oxygen atoms in total. The molecule has 0 bridgehead atoms. The van der Waals surface area contributed by atoms with Crippen LogP contribution < -0.4 is 10.1 Å². The molecule has 1 atom stereocenters. The largest absolute Gasteiger partial charge is 0.481 e. The van der Waals surface area contributed by atoms with E-state index in [1.807, 2.05) is 11.7 Å². The molecule has 0 amide bonds. The molecule has 0 aliphatic heterocycles. The summed E-state index contributed by atoms with van der Waals surface area (Å²) in [6.07, 6.45) is 0. The van der Waals surface area contributed by atoms with Crippen LogP contribution in [0.5, 0.6) is 5.88 Å². The maximum absolute atomic E-state index is 5.54. The Morgan fingerprint density at radius 1 is 1.39 bits per heavy atom. The molecule has 23 heavy (non-hydrogen) atoms. The quantitative estimate of drug-likeness (QED) is 0.805. The van der Waals surface area contributed by atoms with E-state index in [0.29, 0.717) is 12.0 Å². The van der Waals surface area contributed by atoms with Crippen molar-refractivity contribution in [2.75, 3.05) is 27.7 Å². The van der Waals surface area contributed by atoms with Gasteiger partial charge in [-0.25, -0.2) is 4.68 Å². The SMILES string of the molecule is COc1c(CNC[C@@H](c2ccsc2)N(C)C)c(C(C)C)nn1C. The van der Waals surface area contributed by atoms with Gasteiger partial charge in [0.2, 0.25) is 5.88 Å². The molecule has 0 saturated carbocycles. The van der Waals surface area contributed by atoms with Crippen LogP contribution in [-0.2, 0) is 13.6 Å². The van der Waals surface area contributed by atoms with Gasteiger partial charge in [0.05, 0.1) is 18.4 Å². The van der Waals surface area contributed by atoms with Gasteiger partial charge >= 0.3 is 0 Å². The standard InChI is InChI=1S/C17H28N4OS/c1-12(2)16-14(17(22-6)21(5)19-16)9-18-10-15(20(3)4)13-7-8-23-11-13/h7-8,11-12,15,18H,9-10H2,1-6H3/t15-/m0/s1. The Kier molecular flexibility index (Phi) is 6.21. The predicted molar refractivity (Wildman–Crippen MR) is 96.3 cm³/mol. The van der Waals surface area contributed by atoms with E-state index >= 15 is 0 Å². The molecule has 0 aromatic carbocycles. The molecule has 1 N–H and O–H groups in total. The van der Waals surface area contributed by atoms with Gasteiger partial charge in [0.15, 0.2) is 0 Å². The minimum atomic E-state index is 0.367. The second kappa shape index (κ2) is 7.95. The highest BCUT2D eigenvalue weighted by atomic mass is 32.1. The summed E-state index contributed by atoms with van der Waals surface area (Å²) < 4.78 is 7.36. The third-order valence-corrected chi connectivity index (χ3v) is 4.75. The molecule has 6 heteroatoms. The van der Waals surface area contributed by atoms with Gasteiger partial charge in [-0.05, 0) is 42.4 Å². The van der Waals surface area contributed by atoms with Crippen molar-refractivity contribution in [2.24, 2.45) is 7.05 Å². The molecular weight excluding hydrogens is 308 g/mol. The maximum Gasteiger partial charge on any atom is 0.216 e. The van der Waals surface area contributed by atoms with Crippen LogP contribution in [0, 0.1) is 0 Å². The zero-order valence-electron chi connectivity index (χ0n) is 15.0. The minimum Gasteiger partial charge on any atom is -0.481 e. The highest BCUT2D eigenvalue weighted by molar-refractivity contribution is 7.07. The molecule has 2 aromatic heterocycles. The molecular formula is C17H28N4OS. The smallest absolute Gasteiger partial charge is 0.216 e. The summed E-state index contributed by atoms with van der Waals surface area (Å²) >= 11 is 1.74. The van der Waals surface area contributed by atoms with E-state index in [4.69, 9.17) is 4.74 Å². The molecule has 0 saturated heterocycles. The van der Waals surface area contributed by atoms with Crippen LogP contribution in [0.2, 0.25) is 0 Å². The van der Waals surface area contributed by atoms with Crippen molar-refractivity contribution in [2.45, 2.75) is 32.4 Å². The lowest BCUT2D eigenvalue weighted by molar-refractivity contribution is 0.288. The van der Waals surface area contributed by atoms with E-state index < -0.39 is 0 Å². The van der Waals surface area contributed by atoms with Crippen molar-refractivity contribution in [3.8, 4) is 5.88 Å². The van der Waals surface area contributed by atoms with Crippen LogP contribution in [0.4, 0.5) is 0 Å². The van der Waals surface area contributed by atoms with Crippen molar-refractivity contribution in [3.63, 3.8) is 0 Å². The van der Waals surface area contributed by atoms with Gasteiger partial charge in [0, 0.05) is 26.2 Å². The Hall–Kier alpha value is -1.37. The van der Waals surface area contributed by atoms with Gasteiger partial charge in [-0.2, -0.15) is 16.4 Å². The van der Waals surface area contributed by atoms with E-state index in [9.17, 15) is 0 Å². The maximum atomic E-state index is 5.54. The van der Waals surface area contributed by atoms with E-state index in [0.717, 1.165) is 30.2 Å². The molecule has 0 unspecified atom stereocenters. The summed E-state index contributed by atoms with van der Waals surface area (Å²) in [5.74, 6) is 1.22.